The quantitative estimate of drug-likeness (QED) is 0.775. The van der Waals surface area contributed by atoms with Gasteiger partial charge >= 0.3 is 0 Å². The van der Waals surface area contributed by atoms with Gasteiger partial charge in [-0.25, -0.2) is 0 Å². The van der Waals surface area contributed by atoms with Gasteiger partial charge in [-0.05, 0) is 30.3 Å². The monoisotopic (exact) mass is 343 g/mol. The Morgan fingerprint density at radius 3 is 2.83 bits per heavy atom. The lowest BCUT2D eigenvalue weighted by Gasteiger charge is -2.18. The molecule has 0 bridgehead atoms. The highest BCUT2D eigenvalue weighted by Crippen LogP contribution is 2.32. The van der Waals surface area contributed by atoms with Crippen LogP contribution in [0.1, 0.15) is 10.4 Å². The minimum absolute atomic E-state index is 0.285. The number of anilines is 1. The molecular weight excluding hydrogens is 330 g/mol. The molecular formula is C17H14ClN3O3. The standard InChI is InChI=1S/C17H14ClN3O3/c1-21-12-4-2-3-11(18)15(12)16(20-21)19-17(22)10-5-6-13-14(9-10)24-8-7-23-13/h2-6,9H,7-8H2,1H3,(H,19,20,22). The molecule has 0 aliphatic carbocycles. The minimum atomic E-state index is -0.285. The lowest BCUT2D eigenvalue weighted by atomic mass is 10.1. The van der Waals surface area contributed by atoms with Crippen molar-refractivity contribution in [2.24, 2.45) is 7.05 Å². The van der Waals surface area contributed by atoms with Crippen LogP contribution >= 0.6 is 11.6 Å². The lowest BCUT2D eigenvalue weighted by Crippen LogP contribution is -2.17. The van der Waals surface area contributed by atoms with Gasteiger partial charge in [0.15, 0.2) is 17.3 Å². The molecule has 1 amide bonds. The van der Waals surface area contributed by atoms with Gasteiger partial charge in [-0.1, -0.05) is 17.7 Å². The van der Waals surface area contributed by atoms with Crippen molar-refractivity contribution in [1.29, 1.82) is 0 Å². The number of hydrogen-bond acceptors (Lipinski definition) is 4. The maximum absolute atomic E-state index is 12.6. The summed E-state index contributed by atoms with van der Waals surface area (Å²) in [7, 11) is 1.80. The van der Waals surface area contributed by atoms with Gasteiger partial charge in [0.1, 0.15) is 13.2 Å². The zero-order valence-electron chi connectivity index (χ0n) is 12.9. The molecule has 4 rings (SSSR count). The summed E-state index contributed by atoms with van der Waals surface area (Å²) in [4.78, 5) is 12.6. The molecule has 0 unspecified atom stereocenters. The van der Waals surface area contributed by atoms with Gasteiger partial charge in [0.25, 0.3) is 5.91 Å². The van der Waals surface area contributed by atoms with Crippen LogP contribution in [0, 0.1) is 0 Å². The van der Waals surface area contributed by atoms with Gasteiger partial charge in [0, 0.05) is 12.6 Å². The van der Waals surface area contributed by atoms with Crippen LogP contribution in [-0.2, 0) is 7.05 Å². The molecule has 0 fully saturated rings. The maximum Gasteiger partial charge on any atom is 0.257 e. The Hall–Kier alpha value is -2.73. The third-order valence-corrected chi connectivity index (χ3v) is 4.18. The molecule has 1 aromatic heterocycles. The topological polar surface area (TPSA) is 65.4 Å². The first-order valence-electron chi connectivity index (χ1n) is 7.46. The molecule has 0 atom stereocenters. The van der Waals surface area contributed by atoms with E-state index in [1.54, 1.807) is 36.0 Å². The molecule has 7 heteroatoms. The van der Waals surface area contributed by atoms with Crippen LogP contribution in [-0.4, -0.2) is 28.9 Å². The fraction of sp³-hybridized carbons (Fsp3) is 0.176. The van der Waals surface area contributed by atoms with Gasteiger partial charge in [-0.15, -0.1) is 0 Å². The molecule has 0 saturated heterocycles. The lowest BCUT2D eigenvalue weighted by molar-refractivity contribution is 0.102. The number of halogens is 1. The number of rotatable bonds is 2. The molecule has 0 radical (unpaired) electrons. The first kappa shape index (κ1) is 14.8. The summed E-state index contributed by atoms with van der Waals surface area (Å²) < 4.78 is 12.7. The first-order chi connectivity index (χ1) is 11.6. The molecule has 122 valence electrons. The number of nitrogens with zero attached hydrogens (tertiary/aromatic N) is 2. The van der Waals surface area contributed by atoms with Crippen molar-refractivity contribution in [2.45, 2.75) is 0 Å². The number of carbonyl (C=O) groups excluding carboxylic acids is 1. The van der Waals surface area contributed by atoms with Crippen LogP contribution in [0.3, 0.4) is 0 Å². The van der Waals surface area contributed by atoms with Crippen LogP contribution in [0.2, 0.25) is 5.02 Å². The molecule has 3 aromatic rings. The summed E-state index contributed by atoms with van der Waals surface area (Å²) in [5, 5.41) is 8.42. The zero-order chi connectivity index (χ0) is 16.7. The number of benzene rings is 2. The minimum Gasteiger partial charge on any atom is -0.486 e. The third kappa shape index (κ3) is 2.45. The number of carbonyl (C=O) groups is 1. The Morgan fingerprint density at radius 1 is 1.21 bits per heavy atom. The van der Waals surface area contributed by atoms with Gasteiger partial charge in [0.05, 0.1) is 15.9 Å². The smallest absolute Gasteiger partial charge is 0.257 e. The fourth-order valence-corrected chi connectivity index (χ4v) is 2.98. The van der Waals surface area contributed by atoms with Crippen LogP contribution < -0.4 is 14.8 Å². The van der Waals surface area contributed by atoms with E-state index in [2.05, 4.69) is 10.4 Å². The number of aryl methyl sites for hydroxylation is 1. The van der Waals surface area contributed by atoms with Crippen molar-refractivity contribution in [1.82, 2.24) is 9.78 Å². The van der Waals surface area contributed by atoms with Crippen LogP contribution in [0.4, 0.5) is 5.82 Å². The van der Waals surface area contributed by atoms with E-state index in [4.69, 9.17) is 21.1 Å². The Labute approximate surface area is 142 Å². The molecule has 0 saturated carbocycles. The zero-order valence-corrected chi connectivity index (χ0v) is 13.6. The Balaban J connectivity index is 1.67. The number of fused-ring (bicyclic) bond motifs is 2. The molecule has 2 heterocycles. The number of nitrogens with one attached hydrogen (secondary N) is 1. The van der Waals surface area contributed by atoms with Crippen molar-refractivity contribution in [3.63, 3.8) is 0 Å². The van der Waals surface area contributed by atoms with E-state index in [1.165, 1.54) is 0 Å². The van der Waals surface area contributed by atoms with E-state index in [1.807, 2.05) is 12.1 Å². The maximum atomic E-state index is 12.6. The van der Waals surface area contributed by atoms with E-state index >= 15 is 0 Å². The van der Waals surface area contributed by atoms with Crippen LogP contribution in [0.5, 0.6) is 11.5 Å². The number of hydrogen-bond donors (Lipinski definition) is 1. The summed E-state index contributed by atoms with van der Waals surface area (Å²) in [5.41, 5.74) is 1.31. The average Bonchev–Trinajstić information content (AvgIpc) is 2.91. The molecule has 1 aliphatic heterocycles. The largest absolute Gasteiger partial charge is 0.486 e. The van der Waals surface area contributed by atoms with E-state index in [0.29, 0.717) is 46.5 Å². The van der Waals surface area contributed by atoms with E-state index < -0.39 is 0 Å². The van der Waals surface area contributed by atoms with E-state index in [9.17, 15) is 4.79 Å². The Kier molecular flexibility index (Phi) is 3.54. The fourth-order valence-electron chi connectivity index (χ4n) is 2.72. The normalized spacial score (nSPS) is 13.1. The third-order valence-electron chi connectivity index (χ3n) is 3.86. The highest BCUT2D eigenvalue weighted by molar-refractivity contribution is 6.36. The van der Waals surface area contributed by atoms with Gasteiger partial charge in [0.2, 0.25) is 0 Å². The van der Waals surface area contributed by atoms with Crippen LogP contribution in [0.15, 0.2) is 36.4 Å². The Bertz CT molecular complexity index is 952. The van der Waals surface area contributed by atoms with Crippen molar-refractivity contribution in [3.8, 4) is 11.5 Å². The number of amides is 1. The summed E-state index contributed by atoms with van der Waals surface area (Å²) >= 11 is 6.26. The summed E-state index contributed by atoms with van der Waals surface area (Å²) in [6.45, 7) is 0.982. The van der Waals surface area contributed by atoms with Gasteiger partial charge in [-0.3, -0.25) is 9.48 Å². The van der Waals surface area contributed by atoms with Gasteiger partial charge < -0.3 is 14.8 Å². The average molecular weight is 344 g/mol. The molecule has 1 N–H and O–H groups in total. The molecule has 1 aliphatic rings. The molecule has 2 aromatic carbocycles. The first-order valence-corrected chi connectivity index (χ1v) is 7.83. The Morgan fingerprint density at radius 2 is 2.00 bits per heavy atom. The SMILES string of the molecule is Cn1nc(NC(=O)c2ccc3c(c2)OCCO3)c2c(Cl)cccc21. The predicted octanol–water partition coefficient (Wildman–Crippen LogP) is 3.25. The van der Waals surface area contributed by atoms with Crippen LogP contribution in [0.25, 0.3) is 10.9 Å². The van der Waals surface area contributed by atoms with Crippen molar-refractivity contribution in [2.75, 3.05) is 18.5 Å². The molecule has 24 heavy (non-hydrogen) atoms. The summed E-state index contributed by atoms with van der Waals surface area (Å²) in [6.07, 6.45) is 0. The molecule has 6 nitrogen and oxygen atoms in total. The van der Waals surface area contributed by atoms with Gasteiger partial charge in [-0.2, -0.15) is 5.10 Å². The second kappa shape index (κ2) is 5.72. The highest BCUT2D eigenvalue weighted by atomic mass is 35.5. The highest BCUT2D eigenvalue weighted by Gasteiger charge is 2.18. The predicted molar refractivity (Wildman–Crippen MR) is 91.1 cm³/mol. The van der Waals surface area contributed by atoms with E-state index in [0.717, 1.165) is 5.52 Å². The van der Waals surface area contributed by atoms with E-state index in [-0.39, 0.29) is 5.91 Å². The summed E-state index contributed by atoms with van der Waals surface area (Å²) in [5.74, 6) is 1.35. The number of aromatic nitrogens is 2. The second-order valence-corrected chi connectivity index (χ2v) is 5.83. The van der Waals surface area contributed by atoms with Crippen molar-refractivity contribution >= 4 is 34.2 Å². The van der Waals surface area contributed by atoms with Crippen molar-refractivity contribution in [3.05, 3.63) is 47.0 Å². The second-order valence-electron chi connectivity index (χ2n) is 5.42. The molecule has 0 spiro atoms. The summed E-state index contributed by atoms with van der Waals surface area (Å²) in [6, 6.07) is 10.6. The van der Waals surface area contributed by atoms with Crippen molar-refractivity contribution < 1.29 is 14.3 Å². The number of ether oxygens (including phenoxy) is 2.